The SMILES string of the molecule is Cc1cn(-c2ccc(Cc3cc(C4CC4)cn([C@@H](C)c4ccc(S(F)(F)(F)(F)F)cc4)c3=O)cc2C)cn1. The molecule has 2 aromatic heterocycles. The second kappa shape index (κ2) is 8.30. The third-order valence-corrected chi connectivity index (χ3v) is 8.22. The number of halogens is 5. The summed E-state index contributed by atoms with van der Waals surface area (Å²) in [5.74, 6) is 0.330. The zero-order chi connectivity index (χ0) is 27.5. The number of aryl methyl sites for hydroxylation is 2. The van der Waals surface area contributed by atoms with Gasteiger partial charge in [-0.25, -0.2) is 4.98 Å². The molecule has 0 amide bonds. The van der Waals surface area contributed by atoms with Gasteiger partial charge in [-0.3, -0.25) is 4.79 Å². The monoisotopic (exact) mass is 549 g/mol. The molecular weight excluding hydrogens is 521 g/mol. The van der Waals surface area contributed by atoms with Gasteiger partial charge in [0.15, 0.2) is 0 Å². The van der Waals surface area contributed by atoms with Gasteiger partial charge in [-0.05, 0) is 86.1 Å². The fourth-order valence-electron chi connectivity index (χ4n) is 4.79. The van der Waals surface area contributed by atoms with Crippen molar-refractivity contribution in [1.82, 2.24) is 14.1 Å². The topological polar surface area (TPSA) is 39.8 Å². The van der Waals surface area contributed by atoms with E-state index in [1.165, 1.54) is 4.57 Å². The van der Waals surface area contributed by atoms with Crippen LogP contribution in [0.4, 0.5) is 19.4 Å². The summed E-state index contributed by atoms with van der Waals surface area (Å²) in [7, 11) is -9.77. The van der Waals surface area contributed by atoms with Crippen LogP contribution in [0.15, 0.2) is 76.9 Å². The Kier molecular flexibility index (Phi) is 5.72. The first-order chi connectivity index (χ1) is 17.6. The minimum absolute atomic E-state index is 0.259. The van der Waals surface area contributed by atoms with E-state index in [1.807, 2.05) is 48.9 Å². The molecule has 2 aromatic carbocycles. The highest BCUT2D eigenvalue weighted by atomic mass is 32.5. The van der Waals surface area contributed by atoms with Crippen molar-refractivity contribution in [2.75, 3.05) is 0 Å². The second-order valence-corrected chi connectivity index (χ2v) is 12.6. The van der Waals surface area contributed by atoms with Crippen molar-refractivity contribution in [3.8, 4) is 5.69 Å². The summed E-state index contributed by atoms with van der Waals surface area (Å²) in [4.78, 5) is 15.9. The quantitative estimate of drug-likeness (QED) is 0.217. The van der Waals surface area contributed by atoms with E-state index >= 15 is 0 Å². The molecule has 0 radical (unpaired) electrons. The van der Waals surface area contributed by atoms with Crippen molar-refractivity contribution < 1.29 is 19.4 Å². The number of hydrogen-bond donors (Lipinski definition) is 0. The van der Waals surface area contributed by atoms with E-state index in [4.69, 9.17) is 0 Å². The summed E-state index contributed by atoms with van der Waals surface area (Å²) in [6.45, 7) is 5.59. The Morgan fingerprint density at radius 3 is 2.21 bits per heavy atom. The molecule has 1 aliphatic carbocycles. The number of nitrogens with zero attached hydrogens (tertiary/aromatic N) is 3. The Balaban J connectivity index is 1.48. The highest BCUT2D eigenvalue weighted by Gasteiger charge is 2.65. The van der Waals surface area contributed by atoms with Gasteiger partial charge in [0.25, 0.3) is 5.56 Å². The van der Waals surface area contributed by atoms with Crippen LogP contribution in [0.3, 0.4) is 0 Å². The fourth-order valence-corrected chi connectivity index (χ4v) is 5.44. The normalized spacial score (nSPS) is 16.6. The lowest BCUT2D eigenvalue weighted by Crippen LogP contribution is -2.27. The van der Waals surface area contributed by atoms with Crippen LogP contribution in [0.2, 0.25) is 0 Å². The first-order valence-corrected chi connectivity index (χ1v) is 14.2. The molecule has 4 aromatic rings. The maximum absolute atomic E-state index is 13.5. The maximum atomic E-state index is 13.5. The first-order valence-electron chi connectivity index (χ1n) is 12.3. The molecule has 4 nitrogen and oxygen atoms in total. The highest BCUT2D eigenvalue weighted by Crippen LogP contribution is 3.02. The molecule has 0 bridgehead atoms. The average Bonchev–Trinajstić information content (AvgIpc) is 3.59. The lowest BCUT2D eigenvalue weighted by atomic mass is 10.00. The molecule has 0 spiro atoms. The van der Waals surface area contributed by atoms with Gasteiger partial charge in [-0.2, -0.15) is 0 Å². The standard InChI is InChI=1S/C28H28F5N3OS/c1-18-12-21(4-11-27(18)35-15-19(2)34-17-35)13-24-14-25(23-5-6-23)16-36(28(24)37)20(3)22-7-9-26(10-8-22)38(29,30,31,32)33/h4,7-12,14-17,20,23H,5-6,13H2,1-3H3/t20-/m0/s1. The minimum Gasteiger partial charge on any atom is -0.308 e. The Bertz CT molecular complexity index is 1590. The third-order valence-electron chi connectivity index (χ3n) is 7.06. The van der Waals surface area contributed by atoms with E-state index in [0.717, 1.165) is 53.0 Å². The second-order valence-electron chi connectivity index (χ2n) is 10.2. The molecule has 0 unspecified atom stereocenters. The Morgan fingerprint density at radius 1 is 0.974 bits per heavy atom. The fraction of sp³-hybridized carbons (Fsp3) is 0.286. The predicted molar refractivity (Wildman–Crippen MR) is 140 cm³/mol. The van der Waals surface area contributed by atoms with Gasteiger partial charge in [0.05, 0.1) is 18.1 Å². The molecule has 1 saturated carbocycles. The van der Waals surface area contributed by atoms with E-state index in [9.17, 15) is 24.2 Å². The van der Waals surface area contributed by atoms with E-state index in [-0.39, 0.29) is 5.56 Å². The van der Waals surface area contributed by atoms with Crippen molar-refractivity contribution >= 4 is 10.2 Å². The average molecular weight is 550 g/mol. The van der Waals surface area contributed by atoms with E-state index in [1.54, 1.807) is 19.4 Å². The van der Waals surface area contributed by atoms with Crippen LogP contribution in [0.25, 0.3) is 5.69 Å². The van der Waals surface area contributed by atoms with E-state index in [2.05, 4.69) is 4.98 Å². The summed E-state index contributed by atoms with van der Waals surface area (Å²) >= 11 is 0. The molecule has 2 heterocycles. The van der Waals surface area contributed by atoms with E-state index < -0.39 is 21.2 Å². The molecule has 1 atom stereocenters. The predicted octanol–water partition coefficient (Wildman–Crippen LogP) is 8.39. The summed E-state index contributed by atoms with van der Waals surface area (Å²) in [5.41, 5.74) is 5.53. The van der Waals surface area contributed by atoms with Crippen LogP contribution < -0.4 is 5.56 Å². The summed E-state index contributed by atoms with van der Waals surface area (Å²) < 4.78 is 69.3. The zero-order valence-corrected chi connectivity index (χ0v) is 22.0. The van der Waals surface area contributed by atoms with Crippen LogP contribution >= 0.6 is 10.2 Å². The molecule has 0 saturated heterocycles. The van der Waals surface area contributed by atoms with Crippen LogP contribution in [-0.2, 0) is 6.42 Å². The Labute approximate surface area is 217 Å². The van der Waals surface area contributed by atoms with Crippen molar-refractivity contribution in [1.29, 1.82) is 0 Å². The van der Waals surface area contributed by atoms with Crippen molar-refractivity contribution in [2.24, 2.45) is 0 Å². The number of benzene rings is 2. The molecule has 38 heavy (non-hydrogen) atoms. The smallest absolute Gasteiger partial charge is 0.308 e. The first kappa shape index (κ1) is 26.2. The van der Waals surface area contributed by atoms with Crippen molar-refractivity contribution in [3.63, 3.8) is 0 Å². The molecule has 0 N–H and O–H groups in total. The zero-order valence-electron chi connectivity index (χ0n) is 21.2. The summed E-state index contributed by atoms with van der Waals surface area (Å²) in [6, 6.07) is 10.1. The lowest BCUT2D eigenvalue weighted by molar-refractivity contribution is 0.364. The molecule has 202 valence electrons. The van der Waals surface area contributed by atoms with Crippen LogP contribution in [0, 0.1) is 13.8 Å². The number of imidazole rings is 1. The Morgan fingerprint density at radius 2 is 1.66 bits per heavy atom. The largest absolute Gasteiger partial charge is 0.310 e. The van der Waals surface area contributed by atoms with Crippen molar-refractivity contribution in [3.05, 3.63) is 111 Å². The molecule has 0 aliphatic heterocycles. The number of rotatable bonds is 7. The van der Waals surface area contributed by atoms with Crippen LogP contribution in [0.5, 0.6) is 0 Å². The van der Waals surface area contributed by atoms with Gasteiger partial charge >= 0.3 is 10.2 Å². The molecule has 1 fully saturated rings. The van der Waals surface area contributed by atoms with Gasteiger partial charge < -0.3 is 9.13 Å². The lowest BCUT2D eigenvalue weighted by Gasteiger charge is -2.40. The number of pyridine rings is 1. The number of hydrogen-bond acceptors (Lipinski definition) is 2. The summed E-state index contributed by atoms with van der Waals surface area (Å²) in [6.07, 6.45) is 7.83. The molecule has 5 rings (SSSR count). The van der Waals surface area contributed by atoms with Gasteiger partial charge in [-0.15, -0.1) is 0 Å². The highest BCUT2D eigenvalue weighted by molar-refractivity contribution is 8.45. The van der Waals surface area contributed by atoms with Gasteiger partial charge in [0.1, 0.15) is 4.90 Å². The molecule has 1 aliphatic rings. The number of aromatic nitrogens is 3. The van der Waals surface area contributed by atoms with Crippen LogP contribution in [-0.4, -0.2) is 14.1 Å². The third kappa shape index (κ3) is 5.41. The van der Waals surface area contributed by atoms with Gasteiger partial charge in [0, 0.05) is 30.1 Å². The van der Waals surface area contributed by atoms with Crippen LogP contribution in [0.1, 0.15) is 65.2 Å². The Hall–Kier alpha value is -3.40. The molecule has 10 heteroatoms. The van der Waals surface area contributed by atoms with Gasteiger partial charge in [0.2, 0.25) is 0 Å². The van der Waals surface area contributed by atoms with E-state index in [0.29, 0.717) is 35.6 Å². The van der Waals surface area contributed by atoms with Crippen molar-refractivity contribution in [2.45, 2.75) is 56.9 Å². The maximum Gasteiger partial charge on any atom is 0.310 e. The molecular formula is C28H28F5N3OS. The minimum atomic E-state index is -9.77. The van der Waals surface area contributed by atoms with Gasteiger partial charge in [-0.1, -0.05) is 43.7 Å². The summed E-state index contributed by atoms with van der Waals surface area (Å²) in [5, 5.41) is 0.